The van der Waals surface area contributed by atoms with Gasteiger partial charge in [-0.2, -0.15) is 0 Å². The Bertz CT molecular complexity index is 602. The zero-order valence-corrected chi connectivity index (χ0v) is 11.8. The second kappa shape index (κ2) is 6.29. The highest BCUT2D eigenvalue weighted by molar-refractivity contribution is 6.29. The van der Waals surface area contributed by atoms with Gasteiger partial charge in [0.25, 0.3) is 5.91 Å². The van der Waals surface area contributed by atoms with E-state index >= 15 is 0 Å². The lowest BCUT2D eigenvalue weighted by Crippen LogP contribution is -2.16. The van der Waals surface area contributed by atoms with Gasteiger partial charge >= 0.3 is 0 Å². The number of hydrogen-bond acceptors (Lipinski definition) is 5. The molecule has 0 bridgehead atoms. The van der Waals surface area contributed by atoms with E-state index in [1.807, 2.05) is 13.8 Å². The molecule has 2 aromatic heterocycles. The maximum absolute atomic E-state index is 12.0. The van der Waals surface area contributed by atoms with Crippen LogP contribution >= 0.6 is 11.6 Å². The summed E-state index contributed by atoms with van der Waals surface area (Å²) in [4.78, 5) is 16.1. The predicted octanol–water partition coefficient (Wildman–Crippen LogP) is 2.56. The summed E-state index contributed by atoms with van der Waals surface area (Å²) in [6.07, 6.45) is 1.55. The van der Waals surface area contributed by atoms with Gasteiger partial charge in [0.05, 0.1) is 6.10 Å². The molecule has 0 fully saturated rings. The molecule has 0 unspecified atom stereocenters. The molecular formula is C13H13ClN4O2. The minimum atomic E-state index is -0.407. The molecule has 1 amide bonds. The first-order valence-corrected chi connectivity index (χ1v) is 6.36. The number of rotatable bonds is 4. The maximum atomic E-state index is 12.0. The fourth-order valence-corrected chi connectivity index (χ4v) is 1.53. The molecular weight excluding hydrogens is 280 g/mol. The molecule has 0 atom stereocenters. The number of nitrogens with one attached hydrogen (secondary N) is 1. The number of carbonyl (C=O) groups excluding carboxylic acids is 1. The molecule has 7 heteroatoms. The maximum Gasteiger partial charge on any atom is 0.276 e. The summed E-state index contributed by atoms with van der Waals surface area (Å²) in [5.74, 6) is -0.0476. The largest absolute Gasteiger partial charge is 0.473 e. The van der Waals surface area contributed by atoms with Crippen LogP contribution in [0.1, 0.15) is 24.3 Å². The van der Waals surface area contributed by atoms with Crippen LogP contribution < -0.4 is 10.1 Å². The van der Waals surface area contributed by atoms with E-state index < -0.39 is 5.91 Å². The van der Waals surface area contributed by atoms with Crippen molar-refractivity contribution >= 4 is 23.2 Å². The number of aromatic nitrogens is 3. The highest BCUT2D eigenvalue weighted by atomic mass is 35.5. The van der Waals surface area contributed by atoms with Gasteiger partial charge in [-0.3, -0.25) is 4.79 Å². The Balaban J connectivity index is 2.17. The van der Waals surface area contributed by atoms with Crippen molar-refractivity contribution in [3.63, 3.8) is 0 Å². The van der Waals surface area contributed by atoms with Gasteiger partial charge in [0.15, 0.2) is 10.8 Å². The SMILES string of the molecule is CC(C)Oc1ncccc1NC(=O)c1ccc(Cl)nn1. The van der Waals surface area contributed by atoms with Crippen molar-refractivity contribution in [3.8, 4) is 5.88 Å². The van der Waals surface area contributed by atoms with E-state index in [1.165, 1.54) is 12.1 Å². The lowest BCUT2D eigenvalue weighted by Gasteiger charge is -2.13. The molecule has 6 nitrogen and oxygen atoms in total. The van der Waals surface area contributed by atoms with Crippen LogP contribution in [-0.4, -0.2) is 27.2 Å². The fourth-order valence-electron chi connectivity index (χ4n) is 1.43. The van der Waals surface area contributed by atoms with Crippen molar-refractivity contribution in [3.05, 3.63) is 41.3 Å². The van der Waals surface area contributed by atoms with Gasteiger partial charge in [0.2, 0.25) is 5.88 Å². The lowest BCUT2D eigenvalue weighted by molar-refractivity contribution is 0.102. The van der Waals surface area contributed by atoms with Crippen molar-refractivity contribution in [1.29, 1.82) is 0 Å². The average Bonchev–Trinajstić information content (AvgIpc) is 2.41. The van der Waals surface area contributed by atoms with Crippen LogP contribution in [0.5, 0.6) is 5.88 Å². The zero-order chi connectivity index (χ0) is 14.5. The number of hydrogen-bond donors (Lipinski definition) is 1. The van der Waals surface area contributed by atoms with Crippen molar-refractivity contribution in [2.24, 2.45) is 0 Å². The number of amides is 1. The van der Waals surface area contributed by atoms with Crippen molar-refractivity contribution in [2.75, 3.05) is 5.32 Å². The molecule has 0 saturated heterocycles. The zero-order valence-electron chi connectivity index (χ0n) is 11.0. The quantitative estimate of drug-likeness (QED) is 0.937. The van der Waals surface area contributed by atoms with Gasteiger partial charge in [-0.1, -0.05) is 11.6 Å². The summed E-state index contributed by atoms with van der Waals surface area (Å²) in [6.45, 7) is 3.76. The normalized spacial score (nSPS) is 10.4. The Labute approximate surface area is 121 Å². The van der Waals surface area contributed by atoms with Gasteiger partial charge in [-0.15, -0.1) is 10.2 Å². The van der Waals surface area contributed by atoms with Crippen LogP contribution in [0.4, 0.5) is 5.69 Å². The van der Waals surface area contributed by atoms with Crippen LogP contribution in [0, 0.1) is 0 Å². The Hall–Kier alpha value is -2.21. The molecule has 0 saturated carbocycles. The molecule has 0 aliphatic carbocycles. The smallest absolute Gasteiger partial charge is 0.276 e. The minimum absolute atomic E-state index is 0.0455. The van der Waals surface area contributed by atoms with E-state index in [0.29, 0.717) is 11.6 Å². The Morgan fingerprint density at radius 1 is 1.30 bits per heavy atom. The van der Waals surface area contributed by atoms with E-state index in [9.17, 15) is 4.79 Å². The van der Waals surface area contributed by atoms with E-state index in [2.05, 4.69) is 20.5 Å². The first-order chi connectivity index (χ1) is 9.56. The topological polar surface area (TPSA) is 77.0 Å². The molecule has 0 aliphatic rings. The summed E-state index contributed by atoms with van der Waals surface area (Å²) in [5, 5.41) is 10.2. The molecule has 2 rings (SSSR count). The number of anilines is 1. The Kier molecular flexibility index (Phi) is 4.47. The van der Waals surface area contributed by atoms with Crippen LogP contribution in [-0.2, 0) is 0 Å². The summed E-state index contributed by atoms with van der Waals surface area (Å²) < 4.78 is 5.52. The number of halogens is 1. The molecule has 104 valence electrons. The van der Waals surface area contributed by atoms with Crippen molar-refractivity contribution < 1.29 is 9.53 Å². The molecule has 0 radical (unpaired) electrons. The highest BCUT2D eigenvalue weighted by Crippen LogP contribution is 2.22. The van der Waals surface area contributed by atoms with Gasteiger partial charge in [0.1, 0.15) is 5.69 Å². The molecule has 0 aliphatic heterocycles. The third-order valence-electron chi connectivity index (χ3n) is 2.23. The fraction of sp³-hybridized carbons (Fsp3) is 0.231. The molecule has 1 N–H and O–H groups in total. The van der Waals surface area contributed by atoms with E-state index in [4.69, 9.17) is 16.3 Å². The molecule has 20 heavy (non-hydrogen) atoms. The monoisotopic (exact) mass is 292 g/mol. The predicted molar refractivity (Wildman–Crippen MR) is 75.0 cm³/mol. The number of nitrogens with zero attached hydrogens (tertiary/aromatic N) is 3. The number of pyridine rings is 1. The van der Waals surface area contributed by atoms with E-state index in [-0.39, 0.29) is 17.0 Å². The second-order valence-electron chi connectivity index (χ2n) is 4.22. The lowest BCUT2D eigenvalue weighted by atomic mass is 10.3. The van der Waals surface area contributed by atoms with Gasteiger partial charge in [0, 0.05) is 6.20 Å². The second-order valence-corrected chi connectivity index (χ2v) is 4.61. The van der Waals surface area contributed by atoms with Crippen LogP contribution in [0.15, 0.2) is 30.5 Å². The van der Waals surface area contributed by atoms with Gasteiger partial charge in [-0.25, -0.2) is 4.98 Å². The summed E-state index contributed by atoms with van der Waals surface area (Å²) in [7, 11) is 0. The summed E-state index contributed by atoms with van der Waals surface area (Å²) >= 11 is 5.62. The summed E-state index contributed by atoms with van der Waals surface area (Å²) in [5.41, 5.74) is 0.636. The average molecular weight is 293 g/mol. The highest BCUT2D eigenvalue weighted by Gasteiger charge is 2.13. The first-order valence-electron chi connectivity index (χ1n) is 5.98. The van der Waals surface area contributed by atoms with E-state index in [1.54, 1.807) is 18.3 Å². The third kappa shape index (κ3) is 3.64. The Morgan fingerprint density at radius 3 is 2.75 bits per heavy atom. The number of carbonyl (C=O) groups is 1. The van der Waals surface area contributed by atoms with Crippen LogP contribution in [0.2, 0.25) is 5.15 Å². The van der Waals surface area contributed by atoms with E-state index in [0.717, 1.165) is 0 Å². The summed E-state index contributed by atoms with van der Waals surface area (Å²) in [6, 6.07) is 6.39. The van der Waals surface area contributed by atoms with Crippen molar-refractivity contribution in [1.82, 2.24) is 15.2 Å². The third-order valence-corrected chi connectivity index (χ3v) is 2.43. The molecule has 2 aromatic rings. The Morgan fingerprint density at radius 2 is 2.10 bits per heavy atom. The van der Waals surface area contributed by atoms with Crippen molar-refractivity contribution in [2.45, 2.75) is 20.0 Å². The van der Waals surface area contributed by atoms with Crippen LogP contribution in [0.25, 0.3) is 0 Å². The standard InChI is InChI=1S/C13H13ClN4O2/c1-8(2)20-13-10(4-3-7-15-13)16-12(19)9-5-6-11(14)18-17-9/h3-8H,1-2H3,(H,16,19). The minimum Gasteiger partial charge on any atom is -0.473 e. The van der Waals surface area contributed by atoms with Crippen LogP contribution in [0.3, 0.4) is 0 Å². The molecule has 0 spiro atoms. The van der Waals surface area contributed by atoms with Gasteiger partial charge in [-0.05, 0) is 38.1 Å². The number of ether oxygens (including phenoxy) is 1. The molecule has 2 heterocycles. The molecule has 0 aromatic carbocycles. The van der Waals surface area contributed by atoms with Gasteiger partial charge < -0.3 is 10.1 Å². The first kappa shape index (κ1) is 14.2.